The number of aryl methyl sites for hydroxylation is 1. The average molecular weight is 431 g/mol. The number of hydrogen-bond acceptors (Lipinski definition) is 5. The molecule has 0 unspecified atom stereocenters. The minimum Gasteiger partial charge on any atom is -0.450 e. The Morgan fingerprint density at radius 2 is 1.85 bits per heavy atom. The van der Waals surface area contributed by atoms with Crippen LogP contribution < -0.4 is 11.1 Å². The van der Waals surface area contributed by atoms with Crippen LogP contribution in [0.1, 0.15) is 26.5 Å². The van der Waals surface area contributed by atoms with E-state index in [0.29, 0.717) is 22.4 Å². The van der Waals surface area contributed by atoms with Gasteiger partial charge in [-0.15, -0.1) is 0 Å². The predicted molar refractivity (Wildman–Crippen MR) is 103 cm³/mol. The van der Waals surface area contributed by atoms with E-state index in [0.717, 1.165) is 9.86 Å². The Morgan fingerprint density at radius 3 is 2.52 bits per heavy atom. The zero-order valence-corrected chi connectivity index (χ0v) is 15.8. The summed E-state index contributed by atoms with van der Waals surface area (Å²) >= 11 is 3.37. The second-order valence-corrected chi connectivity index (χ2v) is 6.68. The van der Waals surface area contributed by atoms with Crippen LogP contribution in [0, 0.1) is 6.92 Å². The van der Waals surface area contributed by atoms with E-state index in [1.54, 1.807) is 19.1 Å². The minimum absolute atomic E-state index is 0.0571. The fourth-order valence-corrected chi connectivity index (χ4v) is 2.86. The summed E-state index contributed by atoms with van der Waals surface area (Å²) in [5.74, 6) is -1.75. The molecule has 0 bridgehead atoms. The van der Waals surface area contributed by atoms with E-state index >= 15 is 0 Å². The summed E-state index contributed by atoms with van der Waals surface area (Å²) in [5.41, 5.74) is 7.12. The lowest BCUT2D eigenvalue weighted by molar-refractivity contribution is -0.119. The second-order valence-electron chi connectivity index (χ2n) is 5.76. The Labute approximate surface area is 162 Å². The number of ether oxygens (including phenoxy) is 1. The van der Waals surface area contributed by atoms with Crippen molar-refractivity contribution in [2.75, 3.05) is 11.9 Å². The number of carbonyl (C=O) groups excluding carboxylic acids is 3. The molecule has 0 aliphatic heterocycles. The van der Waals surface area contributed by atoms with Crippen LogP contribution >= 0.6 is 15.9 Å². The second kappa shape index (κ2) is 7.63. The maximum absolute atomic E-state index is 12.2. The molecule has 2 amide bonds. The van der Waals surface area contributed by atoms with E-state index in [9.17, 15) is 14.4 Å². The molecule has 0 fully saturated rings. The Hall–Kier alpha value is -3.13. The van der Waals surface area contributed by atoms with Crippen molar-refractivity contribution in [2.24, 2.45) is 5.73 Å². The van der Waals surface area contributed by atoms with Gasteiger partial charge in [0.1, 0.15) is 5.58 Å². The van der Waals surface area contributed by atoms with Crippen molar-refractivity contribution in [3.63, 3.8) is 0 Å². The maximum Gasteiger partial charge on any atom is 0.375 e. The molecule has 0 saturated carbocycles. The van der Waals surface area contributed by atoms with Gasteiger partial charge in [-0.05, 0) is 49.4 Å². The van der Waals surface area contributed by atoms with Gasteiger partial charge in [0.2, 0.25) is 11.7 Å². The van der Waals surface area contributed by atoms with Gasteiger partial charge in [-0.1, -0.05) is 15.9 Å². The number of anilines is 1. The molecule has 1 aromatic heterocycles. The van der Waals surface area contributed by atoms with E-state index in [2.05, 4.69) is 21.2 Å². The maximum atomic E-state index is 12.2. The SMILES string of the molecule is Cc1c(C(=O)OCC(=O)Nc2ccc(C(N)=O)cc2)oc2ccc(Br)cc12. The Balaban J connectivity index is 1.62. The highest BCUT2D eigenvalue weighted by molar-refractivity contribution is 9.10. The molecule has 0 aliphatic carbocycles. The van der Waals surface area contributed by atoms with Crippen molar-refractivity contribution in [1.82, 2.24) is 0 Å². The number of esters is 1. The first-order valence-electron chi connectivity index (χ1n) is 7.90. The Kier molecular flexibility index (Phi) is 5.27. The highest BCUT2D eigenvalue weighted by atomic mass is 79.9. The third kappa shape index (κ3) is 4.17. The first-order valence-corrected chi connectivity index (χ1v) is 8.70. The molecule has 0 spiro atoms. The number of halogens is 1. The van der Waals surface area contributed by atoms with Gasteiger partial charge in [-0.2, -0.15) is 0 Å². The van der Waals surface area contributed by atoms with Gasteiger partial charge in [0, 0.05) is 26.7 Å². The number of primary amides is 1. The quantitative estimate of drug-likeness (QED) is 0.602. The number of hydrogen-bond donors (Lipinski definition) is 2. The largest absolute Gasteiger partial charge is 0.450 e. The van der Waals surface area contributed by atoms with E-state index in [1.165, 1.54) is 24.3 Å². The fraction of sp³-hybridized carbons (Fsp3) is 0.105. The minimum atomic E-state index is -0.723. The highest BCUT2D eigenvalue weighted by Crippen LogP contribution is 2.28. The summed E-state index contributed by atoms with van der Waals surface area (Å²) in [7, 11) is 0. The van der Waals surface area contributed by atoms with Crippen LogP contribution in [0.25, 0.3) is 11.0 Å². The lowest BCUT2D eigenvalue weighted by Crippen LogP contribution is -2.21. The number of amides is 2. The van der Waals surface area contributed by atoms with Gasteiger partial charge < -0.3 is 20.2 Å². The zero-order valence-electron chi connectivity index (χ0n) is 14.2. The lowest BCUT2D eigenvalue weighted by atomic mass is 10.1. The number of rotatable bonds is 5. The van der Waals surface area contributed by atoms with Crippen LogP contribution in [0.2, 0.25) is 0 Å². The molecule has 3 aromatic rings. The molecule has 3 N–H and O–H groups in total. The van der Waals surface area contributed by atoms with Crippen molar-refractivity contribution >= 4 is 50.4 Å². The number of nitrogens with one attached hydrogen (secondary N) is 1. The highest BCUT2D eigenvalue weighted by Gasteiger charge is 2.20. The predicted octanol–water partition coefficient (Wildman–Crippen LogP) is 3.40. The first-order chi connectivity index (χ1) is 12.8. The van der Waals surface area contributed by atoms with E-state index in [1.807, 2.05) is 6.07 Å². The van der Waals surface area contributed by atoms with Gasteiger partial charge in [0.25, 0.3) is 5.91 Å². The molecule has 1 heterocycles. The van der Waals surface area contributed by atoms with E-state index < -0.39 is 24.4 Å². The van der Waals surface area contributed by atoms with Gasteiger partial charge in [0.15, 0.2) is 6.61 Å². The molecular weight excluding hydrogens is 416 g/mol. The van der Waals surface area contributed by atoms with Crippen LogP contribution in [0.3, 0.4) is 0 Å². The number of benzene rings is 2. The first kappa shape index (κ1) is 18.7. The summed E-state index contributed by atoms with van der Waals surface area (Å²) in [6, 6.07) is 11.4. The number of fused-ring (bicyclic) bond motifs is 1. The summed E-state index contributed by atoms with van der Waals surface area (Å²) in [6.45, 7) is 1.27. The van der Waals surface area contributed by atoms with Crippen LogP contribution in [0.15, 0.2) is 51.4 Å². The van der Waals surface area contributed by atoms with E-state index in [4.69, 9.17) is 14.9 Å². The summed E-state index contributed by atoms with van der Waals surface area (Å²) in [6.07, 6.45) is 0. The summed E-state index contributed by atoms with van der Waals surface area (Å²) in [4.78, 5) is 35.2. The molecule has 0 radical (unpaired) electrons. The van der Waals surface area contributed by atoms with Gasteiger partial charge in [-0.3, -0.25) is 9.59 Å². The third-order valence-corrected chi connectivity index (χ3v) is 4.36. The number of nitrogens with two attached hydrogens (primary N) is 1. The number of furan rings is 1. The number of carbonyl (C=O) groups is 3. The van der Waals surface area contributed by atoms with E-state index in [-0.39, 0.29) is 5.76 Å². The van der Waals surface area contributed by atoms with Crippen molar-refractivity contribution in [1.29, 1.82) is 0 Å². The van der Waals surface area contributed by atoms with Crippen molar-refractivity contribution in [3.05, 3.63) is 63.8 Å². The van der Waals surface area contributed by atoms with Gasteiger partial charge in [-0.25, -0.2) is 4.79 Å². The fourth-order valence-electron chi connectivity index (χ4n) is 2.50. The average Bonchev–Trinajstić information content (AvgIpc) is 2.96. The van der Waals surface area contributed by atoms with Gasteiger partial charge >= 0.3 is 5.97 Å². The Bertz CT molecular complexity index is 1040. The summed E-state index contributed by atoms with van der Waals surface area (Å²) in [5, 5.41) is 3.35. The van der Waals surface area contributed by atoms with Crippen LogP contribution in [0.5, 0.6) is 0 Å². The van der Waals surface area contributed by atoms with Gasteiger partial charge in [0.05, 0.1) is 0 Å². The van der Waals surface area contributed by atoms with Crippen LogP contribution in [-0.4, -0.2) is 24.4 Å². The third-order valence-electron chi connectivity index (χ3n) is 3.87. The smallest absolute Gasteiger partial charge is 0.375 e. The molecule has 138 valence electrons. The van der Waals surface area contributed by atoms with Crippen molar-refractivity contribution < 1.29 is 23.5 Å². The topological polar surface area (TPSA) is 112 Å². The van der Waals surface area contributed by atoms with Crippen LogP contribution in [0.4, 0.5) is 5.69 Å². The molecule has 0 saturated heterocycles. The molecule has 0 atom stereocenters. The molecule has 3 rings (SSSR count). The summed E-state index contributed by atoms with van der Waals surface area (Å²) < 4.78 is 11.4. The molecule has 2 aromatic carbocycles. The van der Waals surface area contributed by atoms with Crippen molar-refractivity contribution in [2.45, 2.75) is 6.92 Å². The molecule has 0 aliphatic rings. The molecular formula is C19H15BrN2O5. The molecule has 7 nitrogen and oxygen atoms in total. The zero-order chi connectivity index (χ0) is 19.6. The monoisotopic (exact) mass is 430 g/mol. The standard InChI is InChI=1S/C19H15BrN2O5/c1-10-14-8-12(20)4-7-15(14)27-17(10)19(25)26-9-16(23)22-13-5-2-11(3-6-13)18(21)24/h2-8H,9H2,1H3,(H2,21,24)(H,22,23). The van der Waals surface area contributed by atoms with Crippen molar-refractivity contribution in [3.8, 4) is 0 Å². The lowest BCUT2D eigenvalue weighted by Gasteiger charge is -2.06. The Morgan fingerprint density at radius 1 is 1.15 bits per heavy atom. The molecule has 8 heteroatoms. The molecule has 27 heavy (non-hydrogen) atoms. The normalized spacial score (nSPS) is 10.6. The van der Waals surface area contributed by atoms with Crippen LogP contribution in [-0.2, 0) is 9.53 Å².